The summed E-state index contributed by atoms with van der Waals surface area (Å²) in [7, 11) is 0. The molecule has 1 saturated heterocycles. The van der Waals surface area contributed by atoms with Gasteiger partial charge in [0.2, 0.25) is 0 Å². The van der Waals surface area contributed by atoms with Crippen molar-refractivity contribution in [3.63, 3.8) is 0 Å². The number of thiocarbonyl (C=S) groups is 1. The van der Waals surface area contributed by atoms with Crippen molar-refractivity contribution in [3.05, 3.63) is 125 Å². The summed E-state index contributed by atoms with van der Waals surface area (Å²) in [5.41, 5.74) is 2.64. The second kappa shape index (κ2) is 12.2. The number of anilines is 2. The summed E-state index contributed by atoms with van der Waals surface area (Å²) in [4.78, 5) is 30.3. The number of carbonyl (C=O) groups excluding carboxylic acids is 2. The zero-order valence-electron chi connectivity index (χ0n) is 21.6. The van der Waals surface area contributed by atoms with Crippen LogP contribution in [0.2, 0.25) is 5.02 Å². The lowest BCUT2D eigenvalue weighted by Gasteiger charge is -2.36. The van der Waals surface area contributed by atoms with E-state index in [9.17, 15) is 9.59 Å². The SMILES string of the molecule is Cc1ccc(OCCOc2ccc(Cl)cc2C=C2C(=O)N(c3ccccc3)C(=S)N(c3ccccc3)C2=O)cc1. The van der Waals surface area contributed by atoms with Crippen LogP contribution < -0.4 is 19.3 Å². The van der Waals surface area contributed by atoms with Crippen molar-refractivity contribution >= 4 is 58.2 Å². The third-order valence-corrected chi connectivity index (χ3v) is 6.78. The highest BCUT2D eigenvalue weighted by atomic mass is 35.5. The molecule has 6 nitrogen and oxygen atoms in total. The molecule has 0 atom stereocenters. The molecule has 8 heteroatoms. The smallest absolute Gasteiger partial charge is 0.270 e. The van der Waals surface area contributed by atoms with E-state index >= 15 is 0 Å². The first-order valence-electron chi connectivity index (χ1n) is 12.6. The predicted molar refractivity (Wildman–Crippen MR) is 162 cm³/mol. The van der Waals surface area contributed by atoms with E-state index in [-0.39, 0.29) is 17.3 Å². The van der Waals surface area contributed by atoms with Gasteiger partial charge in [-0.2, -0.15) is 0 Å². The van der Waals surface area contributed by atoms with Crippen molar-refractivity contribution in [1.29, 1.82) is 0 Å². The van der Waals surface area contributed by atoms with Gasteiger partial charge in [0, 0.05) is 10.6 Å². The molecule has 0 aliphatic carbocycles. The quantitative estimate of drug-likeness (QED) is 0.101. The largest absolute Gasteiger partial charge is 0.490 e. The normalized spacial score (nSPS) is 13.4. The lowest BCUT2D eigenvalue weighted by Crippen LogP contribution is -2.56. The number of benzene rings is 4. The number of rotatable bonds is 8. The minimum absolute atomic E-state index is 0.0698. The zero-order chi connectivity index (χ0) is 28.1. The van der Waals surface area contributed by atoms with Gasteiger partial charge < -0.3 is 9.47 Å². The molecule has 1 heterocycles. The number of hydrogen-bond acceptors (Lipinski definition) is 5. The summed E-state index contributed by atoms with van der Waals surface area (Å²) < 4.78 is 11.8. The van der Waals surface area contributed by atoms with Crippen LogP contribution in [0.15, 0.2) is 109 Å². The van der Waals surface area contributed by atoms with E-state index in [1.54, 1.807) is 66.7 Å². The van der Waals surface area contributed by atoms with Crippen LogP contribution >= 0.6 is 23.8 Å². The van der Waals surface area contributed by atoms with Gasteiger partial charge >= 0.3 is 0 Å². The maximum absolute atomic E-state index is 13.8. The Morgan fingerprint density at radius 3 is 1.88 bits per heavy atom. The van der Waals surface area contributed by atoms with Gasteiger partial charge in [-0.05, 0) is 79.8 Å². The van der Waals surface area contributed by atoms with Crippen molar-refractivity contribution in [2.24, 2.45) is 0 Å². The van der Waals surface area contributed by atoms with Crippen molar-refractivity contribution < 1.29 is 19.1 Å². The number of carbonyl (C=O) groups is 2. The highest BCUT2D eigenvalue weighted by Gasteiger charge is 2.41. The van der Waals surface area contributed by atoms with Crippen LogP contribution in [0.25, 0.3) is 6.08 Å². The van der Waals surface area contributed by atoms with Crippen LogP contribution in [-0.2, 0) is 9.59 Å². The predicted octanol–water partition coefficient (Wildman–Crippen LogP) is 6.85. The van der Waals surface area contributed by atoms with Gasteiger partial charge in [-0.3, -0.25) is 19.4 Å². The van der Waals surface area contributed by atoms with Gasteiger partial charge in [0.1, 0.15) is 30.3 Å². The zero-order valence-corrected chi connectivity index (χ0v) is 23.2. The van der Waals surface area contributed by atoms with E-state index in [0.717, 1.165) is 11.3 Å². The molecule has 0 N–H and O–H groups in total. The molecular weight excluding hydrogens is 544 g/mol. The average molecular weight is 569 g/mol. The molecule has 2 amide bonds. The van der Waals surface area contributed by atoms with Crippen LogP contribution in [0.5, 0.6) is 11.5 Å². The molecule has 0 saturated carbocycles. The molecule has 200 valence electrons. The molecular formula is C32H25ClN2O4S. The lowest BCUT2D eigenvalue weighted by atomic mass is 10.0. The van der Waals surface area contributed by atoms with Crippen LogP contribution in [-0.4, -0.2) is 30.1 Å². The number of amides is 2. The number of aryl methyl sites for hydroxylation is 1. The van der Waals surface area contributed by atoms with Crippen molar-refractivity contribution in [3.8, 4) is 11.5 Å². The molecule has 4 aromatic carbocycles. The Morgan fingerprint density at radius 2 is 1.30 bits per heavy atom. The monoisotopic (exact) mass is 568 g/mol. The lowest BCUT2D eigenvalue weighted by molar-refractivity contribution is -0.120. The topological polar surface area (TPSA) is 59.1 Å². The molecule has 0 spiro atoms. The van der Waals surface area contributed by atoms with Crippen LogP contribution in [0, 0.1) is 6.92 Å². The second-order valence-corrected chi connectivity index (χ2v) is 9.79. The number of para-hydroxylation sites is 2. The summed E-state index contributed by atoms with van der Waals surface area (Å²) in [6.07, 6.45) is 1.50. The van der Waals surface area contributed by atoms with Crippen LogP contribution in [0.1, 0.15) is 11.1 Å². The van der Waals surface area contributed by atoms with Gasteiger partial charge in [0.05, 0.1) is 11.4 Å². The Labute approximate surface area is 243 Å². The number of nitrogens with zero attached hydrogens (tertiary/aromatic N) is 2. The third-order valence-electron chi connectivity index (χ3n) is 6.18. The summed E-state index contributed by atoms with van der Waals surface area (Å²) in [6, 6.07) is 30.8. The van der Waals surface area contributed by atoms with Gasteiger partial charge in [-0.1, -0.05) is 65.7 Å². The third kappa shape index (κ3) is 5.91. The van der Waals surface area contributed by atoms with Crippen molar-refractivity contribution in [2.45, 2.75) is 6.92 Å². The second-order valence-electron chi connectivity index (χ2n) is 8.98. The van der Waals surface area contributed by atoms with E-state index in [1.807, 2.05) is 43.3 Å². The van der Waals surface area contributed by atoms with Gasteiger partial charge in [0.15, 0.2) is 5.11 Å². The number of hydrogen-bond donors (Lipinski definition) is 0. The summed E-state index contributed by atoms with van der Waals surface area (Å²) in [5, 5.41) is 0.501. The maximum Gasteiger partial charge on any atom is 0.270 e. The number of ether oxygens (including phenoxy) is 2. The Bertz CT molecular complexity index is 1510. The molecule has 1 aliphatic rings. The van der Waals surface area contributed by atoms with Crippen LogP contribution in [0.3, 0.4) is 0 Å². The van der Waals surface area contributed by atoms with Crippen LogP contribution in [0.4, 0.5) is 11.4 Å². The Morgan fingerprint density at radius 1 is 0.750 bits per heavy atom. The molecule has 0 aromatic heterocycles. The molecule has 0 bridgehead atoms. The van der Waals surface area contributed by atoms with Crippen molar-refractivity contribution in [1.82, 2.24) is 0 Å². The molecule has 1 aliphatic heterocycles. The Hall–Kier alpha value is -4.46. The van der Waals surface area contributed by atoms with Gasteiger partial charge in [-0.15, -0.1) is 0 Å². The molecule has 40 heavy (non-hydrogen) atoms. The van der Waals surface area contributed by atoms with E-state index in [4.69, 9.17) is 33.3 Å². The van der Waals surface area contributed by atoms with E-state index < -0.39 is 11.8 Å². The fraction of sp³-hybridized carbons (Fsp3) is 0.0938. The molecule has 0 unspecified atom stereocenters. The summed E-state index contributed by atoms with van der Waals surface area (Å²) >= 11 is 12.0. The van der Waals surface area contributed by atoms with E-state index in [0.29, 0.717) is 34.3 Å². The highest BCUT2D eigenvalue weighted by Crippen LogP contribution is 2.32. The summed E-state index contributed by atoms with van der Waals surface area (Å²) in [6.45, 7) is 2.55. The van der Waals surface area contributed by atoms with Gasteiger partial charge in [-0.25, -0.2) is 0 Å². The Kier molecular flexibility index (Phi) is 8.24. The standard InChI is InChI=1S/C32H25ClN2O4S/c1-22-12-15-27(16-13-22)38-18-19-39-29-17-14-24(33)20-23(29)21-28-30(36)34(25-8-4-2-5-9-25)32(40)35(31(28)37)26-10-6-3-7-11-26/h2-17,20-21H,18-19H2,1H3. The van der Waals surface area contributed by atoms with Gasteiger partial charge in [0.25, 0.3) is 11.8 Å². The van der Waals surface area contributed by atoms with E-state index in [1.165, 1.54) is 15.9 Å². The number of halogens is 1. The first-order valence-corrected chi connectivity index (χ1v) is 13.4. The highest BCUT2D eigenvalue weighted by molar-refractivity contribution is 7.81. The van der Waals surface area contributed by atoms with Crippen molar-refractivity contribution in [2.75, 3.05) is 23.0 Å². The van der Waals surface area contributed by atoms with E-state index in [2.05, 4.69) is 0 Å². The fourth-order valence-corrected chi connectivity index (χ4v) is 4.76. The average Bonchev–Trinajstić information content (AvgIpc) is 2.96. The molecule has 0 radical (unpaired) electrons. The summed E-state index contributed by atoms with van der Waals surface area (Å²) in [5.74, 6) is 0.115. The fourth-order valence-electron chi connectivity index (χ4n) is 4.20. The Balaban J connectivity index is 1.47. The first kappa shape index (κ1) is 27.1. The minimum Gasteiger partial charge on any atom is -0.490 e. The molecule has 4 aromatic rings. The molecule has 5 rings (SSSR count). The maximum atomic E-state index is 13.8. The first-order chi connectivity index (χ1) is 19.4. The molecule has 1 fully saturated rings. The minimum atomic E-state index is -0.540.